The van der Waals surface area contributed by atoms with Gasteiger partial charge in [-0.25, -0.2) is 4.79 Å². The zero-order valence-electron chi connectivity index (χ0n) is 17.3. The van der Waals surface area contributed by atoms with Crippen molar-refractivity contribution in [3.05, 3.63) is 70.7 Å². The highest BCUT2D eigenvalue weighted by Gasteiger charge is 2.19. The lowest BCUT2D eigenvalue weighted by atomic mass is 10.1. The minimum absolute atomic E-state index is 0.110. The van der Waals surface area contributed by atoms with Crippen LogP contribution in [-0.2, 0) is 17.8 Å². The number of oxazole rings is 1. The molecule has 1 aromatic heterocycles. The van der Waals surface area contributed by atoms with Crippen LogP contribution in [-0.4, -0.2) is 53.0 Å². The number of hydrogen-bond acceptors (Lipinski definition) is 4. The minimum Gasteiger partial charge on any atom is -0.408 e. The summed E-state index contributed by atoms with van der Waals surface area (Å²) in [4.78, 5) is 29.3. The zero-order chi connectivity index (χ0) is 20.8. The van der Waals surface area contributed by atoms with E-state index in [1.54, 1.807) is 10.6 Å². The van der Waals surface area contributed by atoms with Crippen molar-refractivity contribution in [3.63, 3.8) is 0 Å². The Hall–Kier alpha value is -2.86. The van der Waals surface area contributed by atoms with E-state index in [2.05, 4.69) is 35.2 Å². The molecule has 6 heteroatoms. The van der Waals surface area contributed by atoms with Gasteiger partial charge >= 0.3 is 5.76 Å². The van der Waals surface area contributed by atoms with Gasteiger partial charge in [-0.15, -0.1) is 0 Å². The van der Waals surface area contributed by atoms with Crippen molar-refractivity contribution in [1.29, 1.82) is 0 Å². The van der Waals surface area contributed by atoms with Crippen molar-refractivity contribution in [3.8, 4) is 0 Å². The molecule has 3 aromatic rings. The number of rotatable bonds is 7. The molecule has 0 bridgehead atoms. The molecular formula is C24H29N3O3. The fourth-order valence-corrected chi connectivity index (χ4v) is 4.19. The molecule has 0 radical (unpaired) electrons. The third-order valence-electron chi connectivity index (χ3n) is 5.85. The maximum absolute atomic E-state index is 12.8. The smallest absolute Gasteiger partial charge is 0.408 e. The lowest BCUT2D eigenvalue weighted by Gasteiger charge is -2.22. The summed E-state index contributed by atoms with van der Waals surface area (Å²) in [5.41, 5.74) is 2.69. The molecule has 1 fully saturated rings. The molecule has 0 atom stereocenters. The van der Waals surface area contributed by atoms with Crippen molar-refractivity contribution in [2.75, 3.05) is 32.7 Å². The monoisotopic (exact) mass is 407 g/mol. The Balaban J connectivity index is 1.25. The largest absolute Gasteiger partial charge is 0.419 e. The fourth-order valence-electron chi connectivity index (χ4n) is 4.19. The molecule has 4 rings (SSSR count). The summed E-state index contributed by atoms with van der Waals surface area (Å²) in [5, 5.41) is 0. The first-order valence-electron chi connectivity index (χ1n) is 10.8. The molecule has 1 aliphatic heterocycles. The summed E-state index contributed by atoms with van der Waals surface area (Å²) in [5.74, 6) is -0.289. The average molecular weight is 408 g/mol. The van der Waals surface area contributed by atoms with Crippen LogP contribution in [0.15, 0.2) is 63.8 Å². The van der Waals surface area contributed by atoms with Gasteiger partial charge in [-0.2, -0.15) is 0 Å². The van der Waals surface area contributed by atoms with Crippen molar-refractivity contribution >= 4 is 17.0 Å². The lowest BCUT2D eigenvalue weighted by molar-refractivity contribution is -0.131. The molecule has 0 aliphatic carbocycles. The highest BCUT2D eigenvalue weighted by atomic mass is 16.4. The van der Waals surface area contributed by atoms with Crippen LogP contribution >= 0.6 is 0 Å². The molecule has 0 spiro atoms. The molecule has 1 amide bonds. The lowest BCUT2D eigenvalue weighted by Crippen LogP contribution is -2.36. The average Bonchev–Trinajstić information content (AvgIpc) is 2.92. The van der Waals surface area contributed by atoms with E-state index < -0.39 is 5.76 Å². The SMILES string of the molecule is O=C(CCn1c(=O)oc2ccccc21)N1CCCN(CCCc2ccccc2)CC1. The van der Waals surface area contributed by atoms with Crippen LogP contribution in [0.25, 0.3) is 11.1 Å². The van der Waals surface area contributed by atoms with Gasteiger partial charge in [-0.05, 0) is 50.0 Å². The Morgan fingerprint density at radius 3 is 2.57 bits per heavy atom. The number of benzene rings is 2. The van der Waals surface area contributed by atoms with Crippen LogP contribution in [0.2, 0.25) is 0 Å². The van der Waals surface area contributed by atoms with Crippen molar-refractivity contribution in [2.45, 2.75) is 32.2 Å². The quantitative estimate of drug-likeness (QED) is 0.604. The van der Waals surface area contributed by atoms with Gasteiger partial charge in [0.1, 0.15) is 0 Å². The highest BCUT2D eigenvalue weighted by Crippen LogP contribution is 2.13. The van der Waals surface area contributed by atoms with Crippen LogP contribution in [0.4, 0.5) is 0 Å². The van der Waals surface area contributed by atoms with E-state index in [9.17, 15) is 9.59 Å². The second-order valence-electron chi connectivity index (χ2n) is 7.90. The summed E-state index contributed by atoms with van der Waals surface area (Å²) >= 11 is 0. The molecule has 0 N–H and O–H groups in total. The highest BCUT2D eigenvalue weighted by molar-refractivity contribution is 5.77. The first kappa shape index (κ1) is 20.4. The number of aromatic nitrogens is 1. The van der Waals surface area contributed by atoms with Crippen LogP contribution in [0.5, 0.6) is 0 Å². The fraction of sp³-hybridized carbons (Fsp3) is 0.417. The van der Waals surface area contributed by atoms with Gasteiger partial charge < -0.3 is 14.2 Å². The van der Waals surface area contributed by atoms with E-state index in [-0.39, 0.29) is 5.91 Å². The predicted octanol–water partition coefficient (Wildman–Crippen LogP) is 3.15. The van der Waals surface area contributed by atoms with E-state index in [1.165, 1.54) is 5.56 Å². The molecule has 2 aromatic carbocycles. The molecule has 6 nitrogen and oxygen atoms in total. The molecule has 0 unspecified atom stereocenters. The number of aryl methyl sites for hydroxylation is 2. The van der Waals surface area contributed by atoms with E-state index in [0.29, 0.717) is 18.5 Å². The molecule has 158 valence electrons. The Bertz CT molecular complexity index is 1020. The molecule has 2 heterocycles. The number of amides is 1. The third-order valence-corrected chi connectivity index (χ3v) is 5.85. The number of hydrogen-bond donors (Lipinski definition) is 0. The Morgan fingerprint density at radius 2 is 1.70 bits per heavy atom. The first-order valence-corrected chi connectivity index (χ1v) is 10.8. The Labute approximate surface area is 176 Å². The van der Waals surface area contributed by atoms with Crippen LogP contribution in [0, 0.1) is 0 Å². The third kappa shape index (κ3) is 5.00. The van der Waals surface area contributed by atoms with Gasteiger partial charge in [-0.3, -0.25) is 9.36 Å². The predicted molar refractivity (Wildman–Crippen MR) is 117 cm³/mol. The summed E-state index contributed by atoms with van der Waals surface area (Å²) in [6.07, 6.45) is 3.53. The number of nitrogens with zero attached hydrogens (tertiary/aromatic N) is 3. The van der Waals surface area contributed by atoms with E-state index in [4.69, 9.17) is 4.42 Å². The minimum atomic E-state index is -0.399. The van der Waals surface area contributed by atoms with Crippen molar-refractivity contribution < 1.29 is 9.21 Å². The van der Waals surface area contributed by atoms with Crippen LogP contribution in [0.3, 0.4) is 0 Å². The van der Waals surface area contributed by atoms with Crippen LogP contribution < -0.4 is 5.76 Å². The van der Waals surface area contributed by atoms with Gasteiger partial charge in [0.25, 0.3) is 0 Å². The molecular weight excluding hydrogens is 378 g/mol. The standard InChI is InChI=1S/C24H29N3O3/c28-23(13-17-27-21-11-4-5-12-22(21)30-24(27)29)26-16-7-15-25(18-19-26)14-6-10-20-8-2-1-3-9-20/h1-5,8-9,11-12H,6-7,10,13-19H2. The Morgan fingerprint density at radius 1 is 0.900 bits per heavy atom. The molecule has 1 saturated heterocycles. The van der Waals surface area contributed by atoms with Gasteiger partial charge in [0.2, 0.25) is 5.91 Å². The van der Waals surface area contributed by atoms with Gasteiger partial charge in [0.05, 0.1) is 5.52 Å². The van der Waals surface area contributed by atoms with Gasteiger partial charge in [-0.1, -0.05) is 42.5 Å². The molecule has 30 heavy (non-hydrogen) atoms. The van der Waals surface area contributed by atoms with Crippen molar-refractivity contribution in [2.24, 2.45) is 0 Å². The zero-order valence-corrected chi connectivity index (χ0v) is 17.3. The second-order valence-corrected chi connectivity index (χ2v) is 7.90. The summed E-state index contributed by atoms with van der Waals surface area (Å²) < 4.78 is 6.81. The second kappa shape index (κ2) is 9.76. The number of para-hydroxylation sites is 2. The van der Waals surface area contributed by atoms with E-state index >= 15 is 0 Å². The van der Waals surface area contributed by atoms with Gasteiger partial charge in [0, 0.05) is 32.6 Å². The molecule has 0 saturated carbocycles. The summed E-state index contributed by atoms with van der Waals surface area (Å²) in [7, 11) is 0. The van der Waals surface area contributed by atoms with Crippen molar-refractivity contribution in [1.82, 2.24) is 14.4 Å². The topological polar surface area (TPSA) is 58.7 Å². The van der Waals surface area contributed by atoms with Crippen LogP contribution in [0.1, 0.15) is 24.8 Å². The number of fused-ring (bicyclic) bond motifs is 1. The maximum atomic E-state index is 12.8. The van der Waals surface area contributed by atoms with E-state index in [1.807, 2.05) is 23.1 Å². The van der Waals surface area contributed by atoms with E-state index in [0.717, 1.165) is 57.5 Å². The summed E-state index contributed by atoms with van der Waals surface area (Å²) in [6, 6.07) is 17.9. The molecule has 1 aliphatic rings. The normalized spacial score (nSPS) is 15.4. The summed E-state index contributed by atoms with van der Waals surface area (Å²) in [6.45, 7) is 4.90. The Kier molecular flexibility index (Phi) is 6.64. The van der Waals surface area contributed by atoms with Gasteiger partial charge in [0.15, 0.2) is 5.58 Å². The first-order chi connectivity index (χ1) is 14.7. The number of carbonyl (C=O) groups is 1. The number of carbonyl (C=O) groups excluding carboxylic acids is 1. The maximum Gasteiger partial charge on any atom is 0.419 e.